The van der Waals surface area contributed by atoms with Crippen LogP contribution in [0.25, 0.3) is 0 Å². The molecule has 0 unspecified atom stereocenters. The Kier molecular flexibility index (Phi) is 6.60. The van der Waals surface area contributed by atoms with Crippen LogP contribution < -0.4 is 0 Å². The molecule has 5 nitrogen and oxygen atoms in total. The molecule has 0 aliphatic carbocycles. The molecule has 0 amide bonds. The Labute approximate surface area is 112 Å². The fourth-order valence-corrected chi connectivity index (χ4v) is 1.44. The summed E-state index contributed by atoms with van der Waals surface area (Å²) in [6.45, 7) is 1.97. The zero-order chi connectivity index (χ0) is 14.1. The fraction of sp³-hybridized carbons (Fsp3) is 0.429. The summed E-state index contributed by atoms with van der Waals surface area (Å²) in [6.07, 6.45) is 1.70. The molecule has 1 rings (SSSR count). The minimum Gasteiger partial charge on any atom is -0.462 e. The van der Waals surface area contributed by atoms with Gasteiger partial charge in [-0.2, -0.15) is 0 Å². The van der Waals surface area contributed by atoms with Crippen molar-refractivity contribution in [2.45, 2.75) is 19.8 Å². The van der Waals surface area contributed by atoms with Crippen LogP contribution in [0.5, 0.6) is 0 Å². The number of hydrogen-bond donors (Lipinski definition) is 1. The Morgan fingerprint density at radius 2 is 1.58 bits per heavy atom. The van der Waals surface area contributed by atoms with E-state index in [0.29, 0.717) is 6.61 Å². The Morgan fingerprint density at radius 3 is 2.05 bits per heavy atom. The molecule has 19 heavy (non-hydrogen) atoms. The molecular formula is C14H18O5. The van der Waals surface area contributed by atoms with Crippen LogP contribution >= 0.6 is 0 Å². The van der Waals surface area contributed by atoms with E-state index in [2.05, 4.69) is 0 Å². The molecule has 0 saturated heterocycles. The smallest absolute Gasteiger partial charge is 0.339 e. The van der Waals surface area contributed by atoms with E-state index in [1.165, 1.54) is 12.1 Å². The van der Waals surface area contributed by atoms with Gasteiger partial charge in [-0.05, 0) is 18.6 Å². The molecule has 5 heteroatoms. The van der Waals surface area contributed by atoms with Gasteiger partial charge in [-0.15, -0.1) is 0 Å². The first-order valence-corrected chi connectivity index (χ1v) is 6.24. The topological polar surface area (TPSA) is 72.8 Å². The molecule has 104 valence electrons. The number of aliphatic hydroxyl groups excluding tert-OH is 1. The van der Waals surface area contributed by atoms with Gasteiger partial charge in [0.15, 0.2) is 0 Å². The van der Waals surface area contributed by atoms with Crippen LogP contribution in [0.2, 0.25) is 0 Å². The summed E-state index contributed by atoms with van der Waals surface area (Å²) in [4.78, 5) is 23.6. The highest BCUT2D eigenvalue weighted by Gasteiger charge is 2.18. The summed E-state index contributed by atoms with van der Waals surface area (Å²) < 4.78 is 9.86. The summed E-state index contributed by atoms with van der Waals surface area (Å²) in [6, 6.07) is 6.30. The molecule has 0 aliphatic heterocycles. The Balaban J connectivity index is 2.77. The van der Waals surface area contributed by atoms with Gasteiger partial charge in [-0.3, -0.25) is 0 Å². The lowest BCUT2D eigenvalue weighted by Gasteiger charge is -2.08. The van der Waals surface area contributed by atoms with Crippen molar-refractivity contribution >= 4 is 11.9 Å². The van der Waals surface area contributed by atoms with Crippen molar-refractivity contribution in [3.8, 4) is 0 Å². The van der Waals surface area contributed by atoms with Crippen molar-refractivity contribution in [3.63, 3.8) is 0 Å². The van der Waals surface area contributed by atoms with Gasteiger partial charge in [0.05, 0.1) is 24.3 Å². The minimum absolute atomic E-state index is 0.0992. The summed E-state index contributed by atoms with van der Waals surface area (Å²) in [5, 5.41) is 8.61. The SMILES string of the molecule is CCCCOC(=O)c1ccccc1C(=O)OCCO. The lowest BCUT2D eigenvalue weighted by Crippen LogP contribution is -2.15. The Bertz CT molecular complexity index is 428. The third-order valence-corrected chi connectivity index (χ3v) is 2.42. The van der Waals surface area contributed by atoms with Crippen molar-refractivity contribution < 1.29 is 24.2 Å². The zero-order valence-electron chi connectivity index (χ0n) is 10.9. The number of unbranched alkanes of at least 4 members (excludes halogenated alkanes) is 1. The van der Waals surface area contributed by atoms with Crippen LogP contribution in [0.15, 0.2) is 24.3 Å². The van der Waals surface area contributed by atoms with Gasteiger partial charge in [0.1, 0.15) is 6.61 Å². The molecule has 0 bridgehead atoms. The van der Waals surface area contributed by atoms with E-state index in [-0.39, 0.29) is 24.3 Å². The summed E-state index contributed by atoms with van der Waals surface area (Å²) in [5.41, 5.74) is 0.332. The van der Waals surface area contributed by atoms with Crippen LogP contribution in [0.1, 0.15) is 40.5 Å². The quantitative estimate of drug-likeness (QED) is 0.601. The number of benzene rings is 1. The first-order chi connectivity index (χ1) is 9.20. The number of aliphatic hydroxyl groups is 1. The molecule has 0 aromatic heterocycles. The highest BCUT2D eigenvalue weighted by atomic mass is 16.5. The molecule has 0 heterocycles. The van der Waals surface area contributed by atoms with Crippen molar-refractivity contribution in [2.75, 3.05) is 19.8 Å². The van der Waals surface area contributed by atoms with Gasteiger partial charge < -0.3 is 14.6 Å². The highest BCUT2D eigenvalue weighted by molar-refractivity contribution is 6.03. The van der Waals surface area contributed by atoms with Gasteiger partial charge >= 0.3 is 11.9 Å². The van der Waals surface area contributed by atoms with Gasteiger partial charge in [0.2, 0.25) is 0 Å². The van der Waals surface area contributed by atoms with Crippen LogP contribution in [-0.4, -0.2) is 36.9 Å². The second kappa shape index (κ2) is 8.26. The molecule has 1 N–H and O–H groups in total. The molecule has 0 spiro atoms. The maximum Gasteiger partial charge on any atom is 0.339 e. The normalized spacial score (nSPS) is 10.0. The average molecular weight is 266 g/mol. The molecule has 0 fully saturated rings. The predicted molar refractivity (Wildman–Crippen MR) is 69.0 cm³/mol. The van der Waals surface area contributed by atoms with E-state index < -0.39 is 11.9 Å². The van der Waals surface area contributed by atoms with Crippen LogP contribution in [0.3, 0.4) is 0 Å². The van der Waals surface area contributed by atoms with E-state index in [1.807, 2.05) is 6.92 Å². The van der Waals surface area contributed by atoms with Crippen molar-refractivity contribution in [3.05, 3.63) is 35.4 Å². The van der Waals surface area contributed by atoms with Crippen LogP contribution in [0.4, 0.5) is 0 Å². The first-order valence-electron chi connectivity index (χ1n) is 6.24. The Morgan fingerprint density at radius 1 is 1.05 bits per heavy atom. The predicted octanol–water partition coefficient (Wildman–Crippen LogP) is 1.79. The van der Waals surface area contributed by atoms with Gasteiger partial charge in [0.25, 0.3) is 0 Å². The number of carbonyl (C=O) groups excluding carboxylic acids is 2. The van der Waals surface area contributed by atoms with E-state index in [4.69, 9.17) is 14.6 Å². The second-order valence-electron chi connectivity index (χ2n) is 3.89. The molecule has 1 aromatic rings. The van der Waals surface area contributed by atoms with Gasteiger partial charge in [-0.1, -0.05) is 25.5 Å². The van der Waals surface area contributed by atoms with Gasteiger partial charge in [0, 0.05) is 0 Å². The highest BCUT2D eigenvalue weighted by Crippen LogP contribution is 2.12. The van der Waals surface area contributed by atoms with Crippen molar-refractivity contribution in [1.29, 1.82) is 0 Å². The van der Waals surface area contributed by atoms with Crippen LogP contribution in [0, 0.1) is 0 Å². The molecule has 0 radical (unpaired) electrons. The number of ether oxygens (including phenoxy) is 2. The van der Waals surface area contributed by atoms with Crippen molar-refractivity contribution in [1.82, 2.24) is 0 Å². The minimum atomic E-state index is -0.642. The lowest BCUT2D eigenvalue weighted by atomic mass is 10.1. The van der Waals surface area contributed by atoms with E-state index >= 15 is 0 Å². The van der Waals surface area contributed by atoms with Crippen LogP contribution in [-0.2, 0) is 9.47 Å². The molecule has 0 saturated carbocycles. The monoisotopic (exact) mass is 266 g/mol. The standard InChI is InChI=1S/C14H18O5/c1-2-3-9-18-13(16)11-6-4-5-7-12(11)14(17)19-10-8-15/h4-7,15H,2-3,8-10H2,1H3. The Hall–Kier alpha value is -1.88. The summed E-state index contributed by atoms with van der Waals surface area (Å²) in [5.74, 6) is -1.18. The van der Waals surface area contributed by atoms with E-state index in [0.717, 1.165) is 12.8 Å². The van der Waals surface area contributed by atoms with Crippen molar-refractivity contribution in [2.24, 2.45) is 0 Å². The molecular weight excluding hydrogens is 248 g/mol. The lowest BCUT2D eigenvalue weighted by molar-refractivity contribution is 0.0410. The number of hydrogen-bond acceptors (Lipinski definition) is 5. The maximum atomic E-state index is 11.8. The molecule has 0 atom stereocenters. The second-order valence-corrected chi connectivity index (χ2v) is 3.89. The fourth-order valence-electron chi connectivity index (χ4n) is 1.44. The summed E-state index contributed by atoms with van der Waals surface area (Å²) >= 11 is 0. The molecule has 0 aliphatic rings. The molecule has 1 aromatic carbocycles. The zero-order valence-corrected chi connectivity index (χ0v) is 10.9. The maximum absolute atomic E-state index is 11.8. The third-order valence-electron chi connectivity index (χ3n) is 2.42. The first kappa shape index (κ1) is 15.2. The van der Waals surface area contributed by atoms with E-state index in [1.54, 1.807) is 12.1 Å². The average Bonchev–Trinajstić information content (AvgIpc) is 2.45. The number of esters is 2. The van der Waals surface area contributed by atoms with Gasteiger partial charge in [-0.25, -0.2) is 9.59 Å². The number of carbonyl (C=O) groups is 2. The van der Waals surface area contributed by atoms with E-state index in [9.17, 15) is 9.59 Å². The number of rotatable bonds is 7. The largest absolute Gasteiger partial charge is 0.462 e. The summed E-state index contributed by atoms with van der Waals surface area (Å²) in [7, 11) is 0. The third kappa shape index (κ3) is 4.71.